The minimum Gasteiger partial charge on any atom is -0.462 e. The summed E-state index contributed by atoms with van der Waals surface area (Å²) in [5, 5.41) is 11.4. The van der Waals surface area contributed by atoms with E-state index in [1.54, 1.807) is 26.2 Å². The lowest BCUT2D eigenvalue weighted by atomic mass is 9.89. The summed E-state index contributed by atoms with van der Waals surface area (Å²) in [5.74, 6) is -0.0388. The van der Waals surface area contributed by atoms with Crippen LogP contribution in [0.5, 0.6) is 6.01 Å². The minimum atomic E-state index is -0.0388. The zero-order valence-corrected chi connectivity index (χ0v) is 21.4. The van der Waals surface area contributed by atoms with Gasteiger partial charge in [-0.15, -0.1) is 0 Å². The molecule has 0 bridgehead atoms. The molecule has 2 aromatic heterocycles. The van der Waals surface area contributed by atoms with Crippen molar-refractivity contribution in [3.05, 3.63) is 96.0 Å². The average Bonchev–Trinajstić information content (AvgIpc) is 3.40. The first kappa shape index (κ1) is 25.8. The number of ether oxygens (including phenoxy) is 1. The van der Waals surface area contributed by atoms with Gasteiger partial charge in [0, 0.05) is 56.6 Å². The standard InChI is InChI=1S/C29H32N6O2/c1-4-25(21-9-6-5-7-10-21)28(22-12-13-26-23(17-22)20-33-34-26)24-18-31-29(32-19-24)37-16-15-30-14-8-11-27(36)35(2)3/h5-13,17-20,30H,4,14-16H2,1-3H3,(H,33,34)/b11-8+,28-25-. The molecule has 37 heavy (non-hydrogen) atoms. The van der Waals surface area contributed by atoms with Crippen LogP contribution in [0.25, 0.3) is 22.0 Å². The number of nitrogens with zero attached hydrogens (tertiary/aromatic N) is 4. The lowest BCUT2D eigenvalue weighted by Gasteiger charge is -2.16. The summed E-state index contributed by atoms with van der Waals surface area (Å²) in [4.78, 5) is 22.0. The molecule has 1 amide bonds. The Labute approximate surface area is 217 Å². The van der Waals surface area contributed by atoms with Gasteiger partial charge in [-0.05, 0) is 40.8 Å². The van der Waals surface area contributed by atoms with Crippen LogP contribution in [-0.4, -0.2) is 64.8 Å². The van der Waals surface area contributed by atoms with E-state index in [1.165, 1.54) is 16.0 Å². The number of allylic oxidation sites excluding steroid dienone is 1. The predicted molar refractivity (Wildman–Crippen MR) is 147 cm³/mol. The van der Waals surface area contributed by atoms with Crippen LogP contribution in [0.4, 0.5) is 0 Å². The van der Waals surface area contributed by atoms with Gasteiger partial charge in [-0.3, -0.25) is 9.89 Å². The molecule has 4 rings (SSSR count). The van der Waals surface area contributed by atoms with E-state index in [0.29, 0.717) is 25.7 Å². The van der Waals surface area contributed by atoms with Crippen molar-refractivity contribution in [1.29, 1.82) is 0 Å². The highest BCUT2D eigenvalue weighted by atomic mass is 16.5. The second-order valence-corrected chi connectivity index (χ2v) is 8.69. The Bertz CT molecular complexity index is 1370. The smallest absolute Gasteiger partial charge is 0.316 e. The van der Waals surface area contributed by atoms with Gasteiger partial charge >= 0.3 is 6.01 Å². The number of nitrogens with one attached hydrogen (secondary N) is 2. The van der Waals surface area contributed by atoms with E-state index in [1.807, 2.05) is 30.7 Å². The van der Waals surface area contributed by atoms with Crippen LogP contribution >= 0.6 is 0 Å². The number of carbonyl (C=O) groups excluding carboxylic acids is 1. The molecule has 0 radical (unpaired) electrons. The van der Waals surface area contributed by atoms with Crippen molar-refractivity contribution in [2.45, 2.75) is 13.3 Å². The van der Waals surface area contributed by atoms with Crippen molar-refractivity contribution in [1.82, 2.24) is 30.4 Å². The summed E-state index contributed by atoms with van der Waals surface area (Å²) < 4.78 is 5.72. The molecule has 0 fully saturated rings. The van der Waals surface area contributed by atoms with Crippen LogP contribution in [0.2, 0.25) is 0 Å². The van der Waals surface area contributed by atoms with Crippen LogP contribution in [-0.2, 0) is 4.79 Å². The summed E-state index contributed by atoms with van der Waals surface area (Å²) in [6.45, 7) is 3.77. The third-order valence-electron chi connectivity index (χ3n) is 5.90. The molecular weight excluding hydrogens is 464 g/mol. The van der Waals surface area contributed by atoms with Crippen molar-refractivity contribution in [3.8, 4) is 6.01 Å². The molecule has 0 aliphatic rings. The van der Waals surface area contributed by atoms with Crippen LogP contribution in [0, 0.1) is 0 Å². The van der Waals surface area contributed by atoms with Crippen LogP contribution in [0.15, 0.2) is 79.3 Å². The van der Waals surface area contributed by atoms with Crippen LogP contribution in [0.3, 0.4) is 0 Å². The number of carbonyl (C=O) groups is 1. The van der Waals surface area contributed by atoms with Gasteiger partial charge in [0.2, 0.25) is 5.91 Å². The van der Waals surface area contributed by atoms with Gasteiger partial charge < -0.3 is 15.0 Å². The summed E-state index contributed by atoms with van der Waals surface area (Å²) in [5.41, 5.74) is 6.46. The van der Waals surface area contributed by atoms with Gasteiger partial charge in [0.25, 0.3) is 0 Å². The first-order valence-corrected chi connectivity index (χ1v) is 12.3. The number of aromatic nitrogens is 4. The molecule has 2 N–H and O–H groups in total. The fourth-order valence-electron chi connectivity index (χ4n) is 4.01. The monoisotopic (exact) mass is 496 g/mol. The molecule has 2 heterocycles. The summed E-state index contributed by atoms with van der Waals surface area (Å²) in [6.07, 6.45) is 9.66. The van der Waals surface area contributed by atoms with E-state index in [9.17, 15) is 4.79 Å². The Kier molecular flexibility index (Phi) is 8.78. The molecule has 0 saturated carbocycles. The van der Waals surface area contributed by atoms with E-state index in [4.69, 9.17) is 4.74 Å². The molecule has 0 atom stereocenters. The molecule has 8 heteroatoms. The molecular formula is C29H32N6O2. The number of benzene rings is 2. The van der Waals surface area contributed by atoms with Crippen molar-refractivity contribution in [2.24, 2.45) is 0 Å². The molecule has 2 aromatic carbocycles. The summed E-state index contributed by atoms with van der Waals surface area (Å²) in [6, 6.07) is 17.0. The number of hydrogen-bond acceptors (Lipinski definition) is 6. The highest BCUT2D eigenvalue weighted by molar-refractivity contribution is 6.00. The second-order valence-electron chi connectivity index (χ2n) is 8.69. The number of hydrogen-bond donors (Lipinski definition) is 2. The zero-order valence-electron chi connectivity index (χ0n) is 21.4. The Hall–Kier alpha value is -4.30. The number of amides is 1. The number of rotatable bonds is 11. The second kappa shape index (κ2) is 12.6. The predicted octanol–water partition coefficient (Wildman–Crippen LogP) is 4.33. The first-order chi connectivity index (χ1) is 18.1. The van der Waals surface area contributed by atoms with Gasteiger partial charge in [0.15, 0.2) is 0 Å². The topological polar surface area (TPSA) is 96.0 Å². The maximum absolute atomic E-state index is 11.5. The fraction of sp³-hybridized carbons (Fsp3) is 0.241. The van der Waals surface area contributed by atoms with E-state index < -0.39 is 0 Å². The quantitative estimate of drug-likeness (QED) is 0.182. The number of H-pyrrole nitrogens is 1. The molecule has 190 valence electrons. The molecule has 0 unspecified atom stereocenters. The third kappa shape index (κ3) is 6.68. The average molecular weight is 497 g/mol. The Morgan fingerprint density at radius 2 is 1.81 bits per heavy atom. The Balaban J connectivity index is 1.50. The van der Waals surface area contributed by atoms with Crippen molar-refractivity contribution in [3.63, 3.8) is 0 Å². The molecule has 0 aliphatic heterocycles. The van der Waals surface area contributed by atoms with Gasteiger partial charge in [0.05, 0.1) is 11.7 Å². The van der Waals surface area contributed by atoms with Crippen molar-refractivity contribution in [2.75, 3.05) is 33.8 Å². The third-order valence-corrected chi connectivity index (χ3v) is 5.90. The highest BCUT2D eigenvalue weighted by Gasteiger charge is 2.15. The number of fused-ring (bicyclic) bond motifs is 1. The van der Waals surface area contributed by atoms with Crippen LogP contribution < -0.4 is 10.1 Å². The van der Waals surface area contributed by atoms with Gasteiger partial charge in [-0.2, -0.15) is 5.10 Å². The maximum atomic E-state index is 11.5. The normalized spacial score (nSPS) is 12.1. The lowest BCUT2D eigenvalue weighted by molar-refractivity contribution is -0.123. The van der Waals surface area contributed by atoms with E-state index in [2.05, 4.69) is 68.8 Å². The molecule has 8 nitrogen and oxygen atoms in total. The molecule has 0 aliphatic carbocycles. The zero-order chi connectivity index (χ0) is 26.0. The lowest BCUT2D eigenvalue weighted by Crippen LogP contribution is -2.23. The molecule has 4 aromatic rings. The summed E-state index contributed by atoms with van der Waals surface area (Å²) in [7, 11) is 3.45. The first-order valence-electron chi connectivity index (χ1n) is 12.3. The van der Waals surface area contributed by atoms with Crippen molar-refractivity contribution < 1.29 is 9.53 Å². The van der Waals surface area contributed by atoms with E-state index in [-0.39, 0.29) is 5.91 Å². The SMILES string of the molecule is CC/C(=C(/c1cnc(OCCNC/C=C/C(=O)N(C)C)nc1)c1ccc2[nH]ncc2c1)c1ccccc1. The number of likely N-dealkylation sites (N-methyl/N-ethyl adjacent to an activating group) is 1. The molecule has 0 saturated heterocycles. The maximum Gasteiger partial charge on any atom is 0.316 e. The highest BCUT2D eigenvalue weighted by Crippen LogP contribution is 2.35. The number of aromatic amines is 1. The van der Waals surface area contributed by atoms with E-state index >= 15 is 0 Å². The van der Waals surface area contributed by atoms with Crippen molar-refractivity contribution >= 4 is 28.0 Å². The Morgan fingerprint density at radius 3 is 2.54 bits per heavy atom. The largest absolute Gasteiger partial charge is 0.462 e. The minimum absolute atomic E-state index is 0.0388. The fourth-order valence-corrected chi connectivity index (χ4v) is 4.01. The summed E-state index contributed by atoms with van der Waals surface area (Å²) >= 11 is 0. The van der Waals surface area contributed by atoms with Gasteiger partial charge in [-0.25, -0.2) is 9.97 Å². The van der Waals surface area contributed by atoms with Crippen LogP contribution in [0.1, 0.15) is 30.0 Å². The Morgan fingerprint density at radius 1 is 1.03 bits per heavy atom. The molecule has 0 spiro atoms. The van der Waals surface area contributed by atoms with Gasteiger partial charge in [-0.1, -0.05) is 49.4 Å². The van der Waals surface area contributed by atoms with Gasteiger partial charge in [0.1, 0.15) is 6.61 Å². The van der Waals surface area contributed by atoms with E-state index in [0.717, 1.165) is 34.0 Å².